The summed E-state index contributed by atoms with van der Waals surface area (Å²) in [6, 6.07) is 7.65. The molecule has 4 aromatic heterocycles. The van der Waals surface area contributed by atoms with Crippen molar-refractivity contribution in [3.63, 3.8) is 0 Å². The number of carbonyl (C=O) groups is 1. The van der Waals surface area contributed by atoms with Gasteiger partial charge < -0.3 is 10.1 Å². The number of alkyl halides is 3. The number of fused-ring (bicyclic) bond motifs is 5. The van der Waals surface area contributed by atoms with Crippen molar-refractivity contribution in [2.24, 2.45) is 17.8 Å². The van der Waals surface area contributed by atoms with Crippen molar-refractivity contribution in [2.75, 3.05) is 11.9 Å². The molecule has 8 rings (SSSR count). The minimum Gasteiger partial charge on any atom is -0.466 e. The summed E-state index contributed by atoms with van der Waals surface area (Å²) in [6.45, 7) is 3.71. The number of halogens is 4. The van der Waals surface area contributed by atoms with Gasteiger partial charge in [-0.25, -0.2) is 31.3 Å². The number of aryl methyl sites for hydroxylation is 1. The van der Waals surface area contributed by atoms with Crippen molar-refractivity contribution >= 4 is 38.4 Å². The van der Waals surface area contributed by atoms with Gasteiger partial charge in [-0.05, 0) is 75.6 Å². The first-order chi connectivity index (χ1) is 22.3. The molecule has 0 amide bonds. The second-order valence-electron chi connectivity index (χ2n) is 12.1. The molecule has 10 nitrogen and oxygen atoms in total. The zero-order valence-electron chi connectivity index (χ0n) is 25.3. The fraction of sp³-hybridized carbons (Fsp3) is 0.375. The summed E-state index contributed by atoms with van der Waals surface area (Å²) in [4.78, 5) is 21.8. The molecule has 0 aliphatic heterocycles. The molecule has 47 heavy (non-hydrogen) atoms. The van der Waals surface area contributed by atoms with Gasteiger partial charge in [0, 0.05) is 29.4 Å². The van der Waals surface area contributed by atoms with Crippen LogP contribution in [0, 0.1) is 30.5 Å². The summed E-state index contributed by atoms with van der Waals surface area (Å²) in [5.41, 5.74) is -0.218. The molecular weight excluding hydrogens is 640 g/mol. The number of rotatable bonds is 7. The largest absolute Gasteiger partial charge is 0.466 e. The van der Waals surface area contributed by atoms with Crippen LogP contribution in [0.25, 0.3) is 27.9 Å². The van der Waals surface area contributed by atoms with Crippen LogP contribution in [0.1, 0.15) is 43.7 Å². The van der Waals surface area contributed by atoms with Crippen LogP contribution in [0.15, 0.2) is 59.9 Å². The van der Waals surface area contributed by atoms with Crippen LogP contribution in [0.3, 0.4) is 0 Å². The Labute approximate surface area is 266 Å². The third kappa shape index (κ3) is 5.39. The number of hydrogen-bond acceptors (Lipinski definition) is 8. The molecule has 3 aliphatic carbocycles. The maximum Gasteiger partial charge on any atom is 0.417 e. The van der Waals surface area contributed by atoms with Crippen molar-refractivity contribution in [1.29, 1.82) is 0 Å². The van der Waals surface area contributed by atoms with E-state index >= 15 is 0 Å². The molecular formula is C32H30F4N6O4S. The predicted octanol–water partition coefficient (Wildman–Crippen LogP) is 6.23. The lowest BCUT2D eigenvalue weighted by atomic mass is 9.61. The van der Waals surface area contributed by atoms with E-state index in [4.69, 9.17) is 4.74 Å². The molecule has 3 fully saturated rings. The standard InChI is InChI=1S/C32H30F4N6O4S/c1-3-46-31(43)26-18-6-8-19(9-7-18)27(26)38-29-25-12-20(32(34,35)36)15-41(25)40-28(39-29)24-16-42(30-23(24)13-21(33)14-37-30)47(44,45)22-10-4-17(2)5-11-22/h4-5,10-16,18-19,26-27H,3,6-9H2,1-2H3,(H,38,39,40)/t18-,19+,26-,27-/m0/s1. The number of benzene rings is 1. The Morgan fingerprint density at radius 3 is 2.45 bits per heavy atom. The third-order valence-corrected chi connectivity index (χ3v) is 10.9. The molecule has 2 atom stereocenters. The van der Waals surface area contributed by atoms with E-state index in [1.807, 2.05) is 6.92 Å². The molecule has 3 saturated carbocycles. The maximum absolute atomic E-state index is 14.6. The number of esters is 1. The van der Waals surface area contributed by atoms with Gasteiger partial charge in [-0.15, -0.1) is 5.10 Å². The SMILES string of the molecule is CCOC(=O)[C@H]1[C@H]2CC[C@H](CC2)[C@@H]1Nc1nc(-c2cn(S(=O)(=O)c3ccc(C)cc3)c3ncc(F)cc23)nn2cc(C(F)(F)F)cc12. The molecule has 5 aromatic rings. The number of carbonyl (C=O) groups excluding carboxylic acids is 1. The van der Waals surface area contributed by atoms with Gasteiger partial charge in [-0.1, -0.05) is 17.7 Å². The normalized spacial score (nSPS) is 21.4. The number of nitrogens with zero attached hydrogens (tertiary/aromatic N) is 5. The van der Waals surface area contributed by atoms with E-state index in [1.165, 1.54) is 18.3 Å². The van der Waals surface area contributed by atoms with E-state index in [0.29, 0.717) is 0 Å². The third-order valence-electron chi connectivity index (χ3n) is 9.27. The molecule has 2 bridgehead atoms. The number of aromatic nitrogens is 5. The molecule has 3 aliphatic rings. The maximum atomic E-state index is 14.6. The Kier molecular flexibility index (Phi) is 7.49. The lowest BCUT2D eigenvalue weighted by Crippen LogP contribution is -2.52. The summed E-state index contributed by atoms with van der Waals surface area (Å²) >= 11 is 0. The Morgan fingerprint density at radius 1 is 1.06 bits per heavy atom. The second kappa shape index (κ2) is 11.3. The molecule has 0 radical (unpaired) electrons. The highest BCUT2D eigenvalue weighted by molar-refractivity contribution is 7.90. The zero-order chi connectivity index (χ0) is 33.2. The summed E-state index contributed by atoms with van der Waals surface area (Å²) in [5.74, 6) is -1.73. The summed E-state index contributed by atoms with van der Waals surface area (Å²) < 4.78 is 91.2. The molecule has 1 N–H and O–H groups in total. The first-order valence-electron chi connectivity index (χ1n) is 15.2. The Bertz CT molecular complexity index is 2120. The smallest absolute Gasteiger partial charge is 0.417 e. The fourth-order valence-electron chi connectivity index (χ4n) is 7.01. The first kappa shape index (κ1) is 31.1. The molecule has 15 heteroatoms. The summed E-state index contributed by atoms with van der Waals surface area (Å²) in [7, 11) is -4.25. The average Bonchev–Trinajstić information content (AvgIpc) is 3.65. The van der Waals surface area contributed by atoms with Crippen LogP contribution in [0.2, 0.25) is 0 Å². The van der Waals surface area contributed by atoms with Crippen molar-refractivity contribution in [3.05, 3.63) is 71.9 Å². The van der Waals surface area contributed by atoms with Gasteiger partial charge >= 0.3 is 12.1 Å². The van der Waals surface area contributed by atoms with Crippen molar-refractivity contribution in [2.45, 2.75) is 56.6 Å². The highest BCUT2D eigenvalue weighted by Gasteiger charge is 2.48. The number of ether oxygens (including phenoxy) is 1. The average molecular weight is 671 g/mol. The van der Waals surface area contributed by atoms with Crippen LogP contribution in [0.4, 0.5) is 23.4 Å². The highest BCUT2D eigenvalue weighted by atomic mass is 32.2. The van der Waals surface area contributed by atoms with Crippen LogP contribution >= 0.6 is 0 Å². The molecule has 4 heterocycles. The number of hydrogen-bond donors (Lipinski definition) is 1. The molecule has 246 valence electrons. The van der Waals surface area contributed by atoms with Crippen LogP contribution in [0.5, 0.6) is 0 Å². The van der Waals surface area contributed by atoms with Gasteiger partial charge in [0.1, 0.15) is 11.3 Å². The molecule has 0 spiro atoms. The topological polar surface area (TPSA) is 120 Å². The minimum atomic E-state index is -4.70. The summed E-state index contributed by atoms with van der Waals surface area (Å²) in [5, 5.41) is 7.67. The van der Waals surface area contributed by atoms with Crippen LogP contribution < -0.4 is 5.32 Å². The quantitative estimate of drug-likeness (QED) is 0.160. The number of pyridine rings is 1. The van der Waals surface area contributed by atoms with E-state index in [-0.39, 0.29) is 63.1 Å². The predicted molar refractivity (Wildman–Crippen MR) is 163 cm³/mol. The van der Waals surface area contributed by atoms with Crippen molar-refractivity contribution < 1.29 is 35.5 Å². The molecule has 1 aromatic carbocycles. The van der Waals surface area contributed by atoms with E-state index in [2.05, 4.69) is 20.4 Å². The van der Waals surface area contributed by atoms with E-state index in [0.717, 1.165) is 64.3 Å². The van der Waals surface area contributed by atoms with Gasteiger partial charge in [-0.3, -0.25) is 4.79 Å². The van der Waals surface area contributed by atoms with E-state index in [9.17, 15) is 30.8 Å². The van der Waals surface area contributed by atoms with E-state index in [1.54, 1.807) is 19.1 Å². The lowest BCUT2D eigenvalue weighted by Gasteiger charge is -2.47. The van der Waals surface area contributed by atoms with Gasteiger partial charge in [-0.2, -0.15) is 13.2 Å². The Morgan fingerprint density at radius 2 is 1.77 bits per heavy atom. The van der Waals surface area contributed by atoms with Gasteiger partial charge in [0.25, 0.3) is 10.0 Å². The second-order valence-corrected chi connectivity index (χ2v) is 14.0. The number of anilines is 1. The van der Waals surface area contributed by atoms with Gasteiger partial charge in [0.2, 0.25) is 0 Å². The Balaban J connectivity index is 1.41. The van der Waals surface area contributed by atoms with Crippen LogP contribution in [-0.4, -0.2) is 50.6 Å². The molecule has 0 unspecified atom stereocenters. The van der Waals surface area contributed by atoms with Gasteiger partial charge in [0.05, 0.1) is 29.2 Å². The summed E-state index contributed by atoms with van der Waals surface area (Å²) in [6.07, 6.45) is 1.51. The first-order valence-corrected chi connectivity index (χ1v) is 16.7. The van der Waals surface area contributed by atoms with Gasteiger partial charge in [0.15, 0.2) is 17.3 Å². The van der Waals surface area contributed by atoms with Crippen molar-refractivity contribution in [1.82, 2.24) is 23.6 Å². The lowest BCUT2D eigenvalue weighted by molar-refractivity contribution is -0.154. The zero-order valence-corrected chi connectivity index (χ0v) is 26.1. The molecule has 0 saturated heterocycles. The van der Waals surface area contributed by atoms with Crippen molar-refractivity contribution in [3.8, 4) is 11.4 Å². The minimum absolute atomic E-state index is 0.00505. The Hall–Kier alpha value is -4.53. The fourth-order valence-corrected chi connectivity index (χ4v) is 8.33. The monoisotopic (exact) mass is 670 g/mol. The highest BCUT2D eigenvalue weighted by Crippen LogP contribution is 2.47. The van der Waals surface area contributed by atoms with E-state index < -0.39 is 39.5 Å². The number of nitrogens with one attached hydrogen (secondary N) is 1. The van der Waals surface area contributed by atoms with Crippen LogP contribution in [-0.2, 0) is 25.7 Å².